The second kappa shape index (κ2) is 6.42. The molecule has 2 rings (SSSR count). The number of rotatable bonds is 3. The topological polar surface area (TPSA) is 20.2 Å². The van der Waals surface area contributed by atoms with Gasteiger partial charge in [0.2, 0.25) is 0 Å². The van der Waals surface area contributed by atoms with Gasteiger partial charge in [0.15, 0.2) is 0 Å². The molecule has 23 heavy (non-hydrogen) atoms. The zero-order valence-corrected chi connectivity index (χ0v) is 16.5. The van der Waals surface area contributed by atoms with Crippen LogP contribution in [0.15, 0.2) is 36.4 Å². The van der Waals surface area contributed by atoms with Gasteiger partial charge in [0.25, 0.3) is 0 Å². The Kier molecular flexibility index (Phi) is 5.09. The lowest BCUT2D eigenvalue weighted by Crippen LogP contribution is -2.25. The summed E-state index contributed by atoms with van der Waals surface area (Å²) in [5.41, 5.74) is 2.24. The van der Waals surface area contributed by atoms with Gasteiger partial charge in [-0.1, -0.05) is 52.8 Å². The Balaban J connectivity index is 2.60. The van der Waals surface area contributed by atoms with Crippen molar-refractivity contribution in [1.82, 2.24) is 0 Å². The normalized spacial score (nSPS) is 12.5. The van der Waals surface area contributed by atoms with Crippen molar-refractivity contribution in [1.29, 1.82) is 0 Å². The molecule has 1 N–H and O–H groups in total. The van der Waals surface area contributed by atoms with E-state index in [9.17, 15) is 9.50 Å². The van der Waals surface area contributed by atoms with Crippen LogP contribution in [0.5, 0.6) is 5.75 Å². The summed E-state index contributed by atoms with van der Waals surface area (Å²) in [6, 6.07) is 10.5. The molecule has 0 radical (unpaired) electrons. The number of halogens is 2. The molecule has 0 aliphatic rings. The Bertz CT molecular complexity index is 714. The van der Waals surface area contributed by atoms with E-state index in [0.717, 1.165) is 15.6 Å². The van der Waals surface area contributed by atoms with Crippen LogP contribution < -0.4 is 0 Å². The minimum atomic E-state index is -0.315. The van der Waals surface area contributed by atoms with Gasteiger partial charge in [0.05, 0.1) is 3.57 Å². The summed E-state index contributed by atoms with van der Waals surface area (Å²) in [5, 5.41) is 10.4. The van der Waals surface area contributed by atoms with Gasteiger partial charge >= 0.3 is 0 Å². The maximum absolute atomic E-state index is 14.2. The van der Waals surface area contributed by atoms with Gasteiger partial charge in [-0.15, -0.1) is 0 Å². The van der Waals surface area contributed by atoms with Crippen molar-refractivity contribution in [2.45, 2.75) is 46.5 Å². The molecule has 0 heterocycles. The molecule has 0 unspecified atom stereocenters. The molecule has 0 aromatic heterocycles. The second-order valence-corrected chi connectivity index (χ2v) is 9.12. The summed E-state index contributed by atoms with van der Waals surface area (Å²) >= 11 is 2.12. The van der Waals surface area contributed by atoms with E-state index in [0.29, 0.717) is 11.1 Å². The summed E-state index contributed by atoms with van der Waals surface area (Å²) in [5.74, 6) is -0.171. The largest absolute Gasteiger partial charge is 0.506 e. The van der Waals surface area contributed by atoms with Crippen LogP contribution in [-0.2, 0) is 5.41 Å². The molecule has 1 nitrogen and oxygen atoms in total. The molecule has 0 spiro atoms. The molecule has 124 valence electrons. The van der Waals surface area contributed by atoms with Gasteiger partial charge in [0.1, 0.15) is 11.6 Å². The second-order valence-electron chi connectivity index (χ2n) is 7.96. The van der Waals surface area contributed by atoms with Crippen molar-refractivity contribution in [2.75, 3.05) is 0 Å². The molecule has 2 aromatic rings. The molecule has 0 amide bonds. The number of benzene rings is 2. The molecule has 0 atom stereocenters. The molecule has 3 heteroatoms. The molecule has 0 bridgehead atoms. The van der Waals surface area contributed by atoms with Crippen molar-refractivity contribution < 1.29 is 9.50 Å². The highest BCUT2D eigenvalue weighted by molar-refractivity contribution is 14.1. The van der Waals surface area contributed by atoms with E-state index in [2.05, 4.69) is 57.2 Å². The highest BCUT2D eigenvalue weighted by Crippen LogP contribution is 2.42. The Morgan fingerprint density at radius 3 is 2.17 bits per heavy atom. The van der Waals surface area contributed by atoms with Crippen LogP contribution in [0.1, 0.15) is 46.6 Å². The first-order valence-electron chi connectivity index (χ1n) is 7.79. The van der Waals surface area contributed by atoms with Gasteiger partial charge in [-0.25, -0.2) is 4.39 Å². The fraction of sp³-hybridized carbons (Fsp3) is 0.400. The van der Waals surface area contributed by atoms with Crippen LogP contribution in [0, 0.1) is 14.8 Å². The van der Waals surface area contributed by atoms with Crippen LogP contribution in [0.4, 0.5) is 4.39 Å². The maximum Gasteiger partial charge on any atom is 0.136 e. The van der Waals surface area contributed by atoms with E-state index in [1.165, 1.54) is 6.07 Å². The minimum absolute atomic E-state index is 0.0636. The third-order valence-corrected chi connectivity index (χ3v) is 4.80. The van der Waals surface area contributed by atoms with Crippen LogP contribution in [0.3, 0.4) is 0 Å². The summed E-state index contributed by atoms with van der Waals surface area (Å²) < 4.78 is 14.9. The Morgan fingerprint density at radius 2 is 1.61 bits per heavy atom. The zero-order valence-electron chi connectivity index (χ0n) is 14.4. The fourth-order valence-electron chi connectivity index (χ4n) is 3.30. The van der Waals surface area contributed by atoms with Crippen molar-refractivity contribution in [2.24, 2.45) is 5.41 Å². The lowest BCUT2D eigenvalue weighted by atomic mass is 9.72. The molecule has 0 saturated carbocycles. The van der Waals surface area contributed by atoms with Crippen LogP contribution >= 0.6 is 22.6 Å². The monoisotopic (exact) mass is 426 g/mol. The number of hydrogen-bond acceptors (Lipinski definition) is 1. The van der Waals surface area contributed by atoms with E-state index in [4.69, 9.17) is 0 Å². The quantitative estimate of drug-likeness (QED) is 0.555. The highest BCUT2D eigenvalue weighted by atomic mass is 127. The van der Waals surface area contributed by atoms with Crippen molar-refractivity contribution >= 4 is 22.6 Å². The minimum Gasteiger partial charge on any atom is -0.506 e. The Morgan fingerprint density at radius 1 is 1.00 bits per heavy atom. The first kappa shape index (κ1) is 18.2. The molecular formula is C20H24FIO. The van der Waals surface area contributed by atoms with Crippen LogP contribution in [-0.4, -0.2) is 5.11 Å². The van der Waals surface area contributed by atoms with Crippen molar-refractivity contribution in [3.63, 3.8) is 0 Å². The van der Waals surface area contributed by atoms with Gasteiger partial charge in [-0.2, -0.15) is 0 Å². The number of aromatic hydroxyl groups is 1. The van der Waals surface area contributed by atoms with Crippen molar-refractivity contribution in [3.8, 4) is 16.9 Å². The number of phenols is 1. The van der Waals surface area contributed by atoms with Gasteiger partial charge in [-0.05, 0) is 63.6 Å². The third-order valence-electron chi connectivity index (χ3n) is 3.98. The SMILES string of the molecule is CC(C)(C)CC(C)(C)c1cc(I)c(O)c(-c2ccccc2F)c1. The summed E-state index contributed by atoms with van der Waals surface area (Å²) in [6.07, 6.45) is 0.998. The molecule has 2 aromatic carbocycles. The predicted octanol–water partition coefficient (Wildman–Crippen LogP) is 6.52. The highest BCUT2D eigenvalue weighted by Gasteiger charge is 2.29. The fourth-order valence-corrected chi connectivity index (χ4v) is 3.93. The van der Waals surface area contributed by atoms with Gasteiger partial charge < -0.3 is 5.11 Å². The smallest absolute Gasteiger partial charge is 0.136 e. The van der Waals surface area contributed by atoms with Gasteiger partial charge in [0, 0.05) is 11.1 Å². The van der Waals surface area contributed by atoms with Crippen molar-refractivity contribution in [3.05, 3.63) is 51.3 Å². The number of phenolic OH excluding ortho intramolecular Hbond substituents is 1. The van der Waals surface area contributed by atoms with E-state index in [1.807, 2.05) is 12.1 Å². The lowest BCUT2D eigenvalue weighted by Gasteiger charge is -2.33. The average molecular weight is 426 g/mol. The van der Waals surface area contributed by atoms with Crippen LogP contribution in [0.2, 0.25) is 0 Å². The first-order chi connectivity index (χ1) is 10.5. The lowest BCUT2D eigenvalue weighted by molar-refractivity contribution is 0.284. The van der Waals surface area contributed by atoms with E-state index in [1.54, 1.807) is 18.2 Å². The van der Waals surface area contributed by atoms with E-state index < -0.39 is 0 Å². The summed E-state index contributed by atoms with van der Waals surface area (Å²) in [6.45, 7) is 11.1. The van der Waals surface area contributed by atoms with E-state index >= 15 is 0 Å². The standard InChI is InChI=1S/C20H24FIO/c1-19(2,3)12-20(4,5)13-10-15(18(23)17(22)11-13)14-8-6-7-9-16(14)21/h6-11,23H,12H2,1-5H3. The van der Waals surface area contributed by atoms with Gasteiger partial charge in [-0.3, -0.25) is 0 Å². The first-order valence-corrected chi connectivity index (χ1v) is 8.87. The maximum atomic E-state index is 14.2. The average Bonchev–Trinajstić information content (AvgIpc) is 2.40. The number of hydrogen-bond donors (Lipinski definition) is 1. The zero-order chi connectivity index (χ0) is 17.4. The predicted molar refractivity (Wildman–Crippen MR) is 103 cm³/mol. The Labute approximate surface area is 152 Å². The summed E-state index contributed by atoms with van der Waals surface area (Å²) in [4.78, 5) is 0. The molecule has 0 saturated heterocycles. The molecule has 0 fully saturated rings. The van der Waals surface area contributed by atoms with Crippen LogP contribution in [0.25, 0.3) is 11.1 Å². The molecule has 0 aliphatic carbocycles. The molecule has 0 aliphatic heterocycles. The Hall–Kier alpha value is -1.10. The third kappa shape index (κ3) is 4.25. The van der Waals surface area contributed by atoms with E-state index in [-0.39, 0.29) is 22.4 Å². The molecular weight excluding hydrogens is 402 g/mol. The summed E-state index contributed by atoms with van der Waals surface area (Å²) in [7, 11) is 0.